The van der Waals surface area contributed by atoms with Gasteiger partial charge in [-0.25, -0.2) is 0 Å². The van der Waals surface area contributed by atoms with Gasteiger partial charge in [-0.15, -0.1) is 0 Å². The quantitative estimate of drug-likeness (QED) is 0.724. The maximum Gasteiger partial charge on any atom is 0.237 e. The van der Waals surface area contributed by atoms with Crippen molar-refractivity contribution in [3.63, 3.8) is 0 Å². The summed E-state index contributed by atoms with van der Waals surface area (Å²) in [6, 6.07) is 0.453. The first-order valence-corrected chi connectivity index (χ1v) is 6.13. The molecular formula is C12H22N2O. The second-order valence-corrected chi connectivity index (χ2v) is 5.59. The predicted octanol–water partition coefficient (Wildman–Crippen LogP) is 1.43. The van der Waals surface area contributed by atoms with E-state index < -0.39 is 0 Å². The van der Waals surface area contributed by atoms with Crippen molar-refractivity contribution in [2.24, 2.45) is 5.41 Å². The second kappa shape index (κ2) is 4.12. The van der Waals surface area contributed by atoms with Gasteiger partial charge in [0.05, 0.1) is 6.04 Å². The van der Waals surface area contributed by atoms with E-state index >= 15 is 0 Å². The van der Waals surface area contributed by atoms with Crippen LogP contribution in [0.1, 0.15) is 46.0 Å². The van der Waals surface area contributed by atoms with E-state index in [0.29, 0.717) is 6.04 Å². The third-order valence-corrected chi connectivity index (χ3v) is 3.95. The van der Waals surface area contributed by atoms with Gasteiger partial charge in [0.2, 0.25) is 5.91 Å². The van der Waals surface area contributed by atoms with Crippen LogP contribution < -0.4 is 10.6 Å². The summed E-state index contributed by atoms with van der Waals surface area (Å²) in [7, 11) is 0. The van der Waals surface area contributed by atoms with Crippen molar-refractivity contribution in [3.05, 3.63) is 0 Å². The molecule has 0 radical (unpaired) electrons. The van der Waals surface area contributed by atoms with Gasteiger partial charge in [0, 0.05) is 6.04 Å². The fourth-order valence-electron chi connectivity index (χ4n) is 2.77. The molecule has 0 aromatic heterocycles. The highest BCUT2D eigenvalue weighted by atomic mass is 16.2. The minimum absolute atomic E-state index is 0.0707. The molecule has 2 atom stereocenters. The number of carbonyl (C=O) groups is 1. The number of amides is 1. The molecule has 15 heavy (non-hydrogen) atoms. The van der Waals surface area contributed by atoms with Gasteiger partial charge in [0.25, 0.3) is 0 Å². The zero-order chi connectivity index (χ0) is 10.9. The monoisotopic (exact) mass is 210 g/mol. The van der Waals surface area contributed by atoms with E-state index in [1.807, 2.05) is 0 Å². The molecule has 1 amide bonds. The Morgan fingerprint density at radius 1 is 1.33 bits per heavy atom. The summed E-state index contributed by atoms with van der Waals surface area (Å²) in [6.07, 6.45) is 5.75. The summed E-state index contributed by atoms with van der Waals surface area (Å²) in [5.74, 6) is 0.215. The topological polar surface area (TPSA) is 41.1 Å². The lowest BCUT2D eigenvalue weighted by atomic mass is 9.87. The summed E-state index contributed by atoms with van der Waals surface area (Å²) in [5.41, 5.74) is 0.286. The van der Waals surface area contributed by atoms with Gasteiger partial charge in [-0.2, -0.15) is 0 Å². The van der Waals surface area contributed by atoms with Crippen LogP contribution in [0.15, 0.2) is 0 Å². The van der Waals surface area contributed by atoms with Crippen molar-refractivity contribution in [1.82, 2.24) is 10.6 Å². The summed E-state index contributed by atoms with van der Waals surface area (Å²) in [6.45, 7) is 5.51. The Kier molecular flexibility index (Phi) is 3.01. The lowest BCUT2D eigenvalue weighted by molar-refractivity contribution is -0.124. The Morgan fingerprint density at radius 3 is 2.67 bits per heavy atom. The number of carbonyl (C=O) groups excluding carboxylic acids is 1. The van der Waals surface area contributed by atoms with Crippen LogP contribution in [0, 0.1) is 5.41 Å². The number of rotatable bonds is 2. The Bertz CT molecular complexity index is 244. The molecule has 0 aromatic carbocycles. The first kappa shape index (κ1) is 10.9. The number of hydrogen-bond acceptors (Lipinski definition) is 2. The minimum Gasteiger partial charge on any atom is -0.351 e. The normalized spacial score (nSPS) is 34.3. The molecule has 0 aromatic rings. The van der Waals surface area contributed by atoms with Gasteiger partial charge in [-0.05, 0) is 37.6 Å². The fourth-order valence-corrected chi connectivity index (χ4v) is 2.77. The van der Waals surface area contributed by atoms with Crippen LogP contribution in [0.4, 0.5) is 0 Å². The molecule has 3 heteroatoms. The van der Waals surface area contributed by atoms with Gasteiger partial charge in [-0.3, -0.25) is 4.79 Å². The van der Waals surface area contributed by atoms with E-state index in [1.54, 1.807) is 0 Å². The smallest absolute Gasteiger partial charge is 0.237 e. The lowest BCUT2D eigenvalue weighted by Crippen LogP contribution is -2.48. The summed E-state index contributed by atoms with van der Waals surface area (Å²) in [4.78, 5) is 11.9. The van der Waals surface area contributed by atoms with Crippen LogP contribution in [0.3, 0.4) is 0 Å². The van der Waals surface area contributed by atoms with Crippen LogP contribution in [-0.2, 0) is 4.79 Å². The molecular weight excluding hydrogens is 188 g/mol. The standard InChI is InChI=1S/C12H22N2O/c1-12(2)7-3-6-10(12)14-11(15)9-5-4-8-13-9/h9-10,13H,3-8H2,1-2H3,(H,14,15). The van der Waals surface area contributed by atoms with Gasteiger partial charge in [0.15, 0.2) is 0 Å². The maximum atomic E-state index is 11.9. The molecule has 86 valence electrons. The third kappa shape index (κ3) is 2.33. The maximum absolute atomic E-state index is 11.9. The molecule has 1 aliphatic heterocycles. The predicted molar refractivity (Wildman–Crippen MR) is 60.6 cm³/mol. The molecule has 0 spiro atoms. The molecule has 3 nitrogen and oxygen atoms in total. The third-order valence-electron chi connectivity index (χ3n) is 3.95. The molecule has 1 aliphatic carbocycles. The highest BCUT2D eigenvalue weighted by Crippen LogP contribution is 2.37. The van der Waals surface area contributed by atoms with Crippen LogP contribution in [0.2, 0.25) is 0 Å². The number of nitrogens with one attached hydrogen (secondary N) is 2. The van der Waals surface area contributed by atoms with E-state index in [2.05, 4.69) is 24.5 Å². The van der Waals surface area contributed by atoms with Crippen molar-refractivity contribution in [2.45, 2.75) is 58.0 Å². The summed E-state index contributed by atoms with van der Waals surface area (Å²) >= 11 is 0. The van der Waals surface area contributed by atoms with E-state index in [0.717, 1.165) is 25.8 Å². The Morgan fingerprint density at radius 2 is 2.13 bits per heavy atom. The molecule has 2 aliphatic rings. The van der Waals surface area contributed by atoms with Crippen LogP contribution in [0.5, 0.6) is 0 Å². The van der Waals surface area contributed by atoms with Crippen molar-refractivity contribution < 1.29 is 4.79 Å². The Balaban J connectivity index is 1.88. The molecule has 1 saturated heterocycles. The van der Waals surface area contributed by atoms with Crippen molar-refractivity contribution >= 4 is 5.91 Å². The molecule has 2 N–H and O–H groups in total. The van der Waals surface area contributed by atoms with Gasteiger partial charge in [-0.1, -0.05) is 20.3 Å². The summed E-state index contributed by atoms with van der Waals surface area (Å²) in [5, 5.41) is 6.46. The molecule has 1 heterocycles. The zero-order valence-corrected chi connectivity index (χ0v) is 9.81. The van der Waals surface area contributed by atoms with Crippen molar-refractivity contribution in [2.75, 3.05) is 6.54 Å². The number of hydrogen-bond donors (Lipinski definition) is 2. The van der Waals surface area contributed by atoms with E-state index in [4.69, 9.17) is 0 Å². The van der Waals surface area contributed by atoms with Gasteiger partial charge in [0.1, 0.15) is 0 Å². The molecule has 1 saturated carbocycles. The minimum atomic E-state index is 0.0707. The Labute approximate surface area is 92.0 Å². The molecule has 2 rings (SSSR count). The van der Waals surface area contributed by atoms with E-state index in [9.17, 15) is 4.79 Å². The molecule has 0 bridgehead atoms. The van der Waals surface area contributed by atoms with Crippen LogP contribution in [0.25, 0.3) is 0 Å². The van der Waals surface area contributed by atoms with Gasteiger partial charge >= 0.3 is 0 Å². The highest BCUT2D eigenvalue weighted by Gasteiger charge is 2.36. The second-order valence-electron chi connectivity index (χ2n) is 5.59. The Hall–Kier alpha value is -0.570. The average Bonchev–Trinajstić information content (AvgIpc) is 2.76. The fraction of sp³-hybridized carbons (Fsp3) is 0.917. The highest BCUT2D eigenvalue weighted by molar-refractivity contribution is 5.82. The largest absolute Gasteiger partial charge is 0.351 e. The first-order valence-electron chi connectivity index (χ1n) is 6.13. The van der Waals surface area contributed by atoms with Crippen molar-refractivity contribution in [1.29, 1.82) is 0 Å². The average molecular weight is 210 g/mol. The zero-order valence-electron chi connectivity index (χ0n) is 9.81. The summed E-state index contributed by atoms with van der Waals surface area (Å²) < 4.78 is 0. The lowest BCUT2D eigenvalue weighted by Gasteiger charge is -2.28. The SMILES string of the molecule is CC1(C)CCCC1NC(=O)C1CCCN1. The first-order chi connectivity index (χ1) is 7.09. The van der Waals surface area contributed by atoms with Crippen LogP contribution >= 0.6 is 0 Å². The van der Waals surface area contributed by atoms with Crippen LogP contribution in [-0.4, -0.2) is 24.5 Å². The van der Waals surface area contributed by atoms with Gasteiger partial charge < -0.3 is 10.6 Å². The van der Waals surface area contributed by atoms with E-state index in [1.165, 1.54) is 12.8 Å². The van der Waals surface area contributed by atoms with Crippen molar-refractivity contribution in [3.8, 4) is 0 Å². The molecule has 2 unspecified atom stereocenters. The van der Waals surface area contributed by atoms with E-state index in [-0.39, 0.29) is 17.4 Å². The molecule has 2 fully saturated rings.